The van der Waals surface area contributed by atoms with Gasteiger partial charge in [0, 0.05) is 19.2 Å². The third-order valence-electron chi connectivity index (χ3n) is 4.56. The van der Waals surface area contributed by atoms with Gasteiger partial charge in [-0.1, -0.05) is 23.9 Å². The molecule has 9 heteroatoms. The quantitative estimate of drug-likeness (QED) is 0.375. The Morgan fingerprint density at radius 1 is 1.33 bits per heavy atom. The van der Waals surface area contributed by atoms with Crippen molar-refractivity contribution in [2.45, 2.75) is 24.9 Å². The van der Waals surface area contributed by atoms with Crippen LogP contribution in [0.4, 0.5) is 0 Å². The van der Waals surface area contributed by atoms with Crippen molar-refractivity contribution in [3.63, 3.8) is 0 Å². The van der Waals surface area contributed by atoms with E-state index in [2.05, 4.69) is 10.2 Å². The number of benzene rings is 1. The van der Waals surface area contributed by atoms with Crippen molar-refractivity contribution in [2.75, 3.05) is 23.9 Å². The van der Waals surface area contributed by atoms with Crippen LogP contribution in [0.25, 0.3) is 0 Å². The van der Waals surface area contributed by atoms with Crippen molar-refractivity contribution in [3.05, 3.63) is 35.7 Å². The zero-order valence-corrected chi connectivity index (χ0v) is 17.1. The minimum Gasteiger partial charge on any atom is -0.492 e. The van der Waals surface area contributed by atoms with Crippen LogP contribution in [0.5, 0.6) is 5.75 Å². The monoisotopic (exact) mass is 409 g/mol. The first-order valence-electron chi connectivity index (χ1n) is 8.80. The SMILES string of the molecule is CC(=O)c1ccccc1OCCSc1nnc(C[C@@H]2CCS(=O)(=O)C2)n1C. The number of para-hydroxylation sites is 1. The maximum absolute atomic E-state index is 11.6. The normalized spacial score (nSPS) is 18.5. The van der Waals surface area contributed by atoms with E-state index in [1.54, 1.807) is 12.1 Å². The van der Waals surface area contributed by atoms with Crippen molar-refractivity contribution in [2.24, 2.45) is 13.0 Å². The van der Waals surface area contributed by atoms with Crippen molar-refractivity contribution >= 4 is 27.4 Å². The number of sulfone groups is 1. The molecule has 0 saturated carbocycles. The molecule has 7 nitrogen and oxygen atoms in total. The Labute approximate surface area is 163 Å². The highest BCUT2D eigenvalue weighted by Crippen LogP contribution is 2.24. The first-order valence-corrected chi connectivity index (χ1v) is 11.6. The molecule has 1 fully saturated rings. The molecule has 0 N–H and O–H groups in total. The van der Waals surface area contributed by atoms with E-state index in [-0.39, 0.29) is 23.2 Å². The average Bonchev–Trinajstić information content (AvgIpc) is 3.15. The Bertz CT molecular complexity index is 924. The molecule has 146 valence electrons. The van der Waals surface area contributed by atoms with Gasteiger partial charge in [0.1, 0.15) is 11.6 Å². The van der Waals surface area contributed by atoms with Gasteiger partial charge in [0.15, 0.2) is 20.8 Å². The summed E-state index contributed by atoms with van der Waals surface area (Å²) in [7, 11) is -0.983. The Morgan fingerprint density at radius 3 is 2.81 bits per heavy atom. The van der Waals surface area contributed by atoms with Gasteiger partial charge in [-0.3, -0.25) is 4.79 Å². The van der Waals surface area contributed by atoms with Crippen LogP contribution in [0, 0.1) is 5.92 Å². The van der Waals surface area contributed by atoms with Gasteiger partial charge in [0.25, 0.3) is 0 Å². The molecule has 0 radical (unpaired) electrons. The minimum absolute atomic E-state index is 0.0230. The maximum Gasteiger partial charge on any atom is 0.191 e. The summed E-state index contributed by atoms with van der Waals surface area (Å²) in [6, 6.07) is 7.20. The summed E-state index contributed by atoms with van der Waals surface area (Å²) in [5.74, 6) is 2.68. The second-order valence-electron chi connectivity index (χ2n) is 6.68. The van der Waals surface area contributed by atoms with E-state index in [0.29, 0.717) is 36.5 Å². The van der Waals surface area contributed by atoms with Gasteiger partial charge in [0.2, 0.25) is 0 Å². The molecule has 27 heavy (non-hydrogen) atoms. The standard InChI is InChI=1S/C18H23N3O4S2/c1-13(22)15-5-3-4-6-16(15)25-8-9-26-18-20-19-17(21(18)2)11-14-7-10-27(23,24)12-14/h3-6,14H,7-12H2,1-2H3/t14-/m0/s1. The molecular weight excluding hydrogens is 386 g/mol. The van der Waals surface area contributed by atoms with Crippen molar-refractivity contribution in [1.29, 1.82) is 0 Å². The van der Waals surface area contributed by atoms with E-state index >= 15 is 0 Å². The number of Topliss-reactive ketones (excluding diaryl/α,β-unsaturated/α-hetero) is 1. The van der Waals surface area contributed by atoms with Crippen LogP contribution in [0.2, 0.25) is 0 Å². The second kappa shape index (κ2) is 8.43. The number of ether oxygens (including phenoxy) is 1. The summed E-state index contributed by atoms with van der Waals surface area (Å²) in [6.45, 7) is 1.96. The van der Waals surface area contributed by atoms with Crippen molar-refractivity contribution in [1.82, 2.24) is 14.8 Å². The smallest absolute Gasteiger partial charge is 0.191 e. The number of hydrogen-bond acceptors (Lipinski definition) is 7. The molecule has 1 aromatic carbocycles. The van der Waals surface area contributed by atoms with E-state index in [9.17, 15) is 13.2 Å². The highest BCUT2D eigenvalue weighted by molar-refractivity contribution is 7.99. The Kier molecular flexibility index (Phi) is 6.21. The van der Waals surface area contributed by atoms with Crippen LogP contribution in [0.1, 0.15) is 29.5 Å². The predicted octanol–water partition coefficient (Wildman–Crippen LogP) is 2.17. The maximum atomic E-state index is 11.6. The van der Waals surface area contributed by atoms with Gasteiger partial charge in [0.05, 0.1) is 23.7 Å². The number of aromatic nitrogens is 3. The fraction of sp³-hybridized carbons (Fsp3) is 0.500. The molecule has 2 heterocycles. The molecule has 0 spiro atoms. The lowest BCUT2D eigenvalue weighted by molar-refractivity contribution is 0.101. The van der Waals surface area contributed by atoms with Crippen LogP contribution in [-0.2, 0) is 23.3 Å². The molecule has 1 aliphatic rings. The zero-order valence-electron chi connectivity index (χ0n) is 15.4. The number of rotatable bonds is 8. The zero-order chi connectivity index (χ0) is 19.4. The first-order chi connectivity index (χ1) is 12.9. The Morgan fingerprint density at radius 2 is 2.11 bits per heavy atom. The molecule has 0 unspecified atom stereocenters. The number of hydrogen-bond donors (Lipinski definition) is 0. The van der Waals surface area contributed by atoms with Crippen LogP contribution in [0.15, 0.2) is 29.4 Å². The molecule has 1 atom stereocenters. The average molecular weight is 410 g/mol. The van der Waals surface area contributed by atoms with Gasteiger partial charge in [-0.2, -0.15) is 0 Å². The molecule has 0 aliphatic carbocycles. The number of carbonyl (C=O) groups excluding carboxylic acids is 1. The topological polar surface area (TPSA) is 91.2 Å². The fourth-order valence-electron chi connectivity index (χ4n) is 3.11. The Balaban J connectivity index is 1.51. The second-order valence-corrected chi connectivity index (χ2v) is 9.97. The van der Waals surface area contributed by atoms with E-state index in [1.807, 2.05) is 23.7 Å². The summed E-state index contributed by atoms with van der Waals surface area (Å²) >= 11 is 1.52. The van der Waals surface area contributed by atoms with Crippen molar-refractivity contribution < 1.29 is 17.9 Å². The van der Waals surface area contributed by atoms with Crippen LogP contribution < -0.4 is 4.74 Å². The number of thioether (sulfide) groups is 1. The summed E-state index contributed by atoms with van der Waals surface area (Å²) in [4.78, 5) is 11.6. The van der Waals surface area contributed by atoms with Crippen LogP contribution in [0.3, 0.4) is 0 Å². The number of carbonyl (C=O) groups is 1. The van der Waals surface area contributed by atoms with Crippen LogP contribution in [-0.4, -0.2) is 52.8 Å². The van der Waals surface area contributed by atoms with E-state index in [4.69, 9.17) is 4.74 Å². The molecule has 0 bridgehead atoms. The molecule has 1 aromatic heterocycles. The summed E-state index contributed by atoms with van der Waals surface area (Å²) in [5, 5.41) is 9.19. The molecule has 1 saturated heterocycles. The third-order valence-corrected chi connectivity index (χ3v) is 7.38. The molecular formula is C18H23N3O4S2. The van der Waals surface area contributed by atoms with E-state index in [1.165, 1.54) is 18.7 Å². The van der Waals surface area contributed by atoms with Crippen LogP contribution >= 0.6 is 11.8 Å². The lowest BCUT2D eigenvalue weighted by Crippen LogP contribution is -2.11. The first kappa shape index (κ1) is 19.9. The predicted molar refractivity (Wildman–Crippen MR) is 104 cm³/mol. The van der Waals surface area contributed by atoms with E-state index in [0.717, 1.165) is 11.0 Å². The van der Waals surface area contributed by atoms with Gasteiger partial charge in [-0.25, -0.2) is 8.42 Å². The fourth-order valence-corrected chi connectivity index (χ4v) is 5.72. The van der Waals surface area contributed by atoms with Gasteiger partial charge < -0.3 is 9.30 Å². The summed E-state index contributed by atoms with van der Waals surface area (Å²) in [5.41, 5.74) is 0.579. The van der Waals surface area contributed by atoms with Gasteiger partial charge in [-0.05, 0) is 31.4 Å². The lowest BCUT2D eigenvalue weighted by Gasteiger charge is -2.10. The molecule has 1 aliphatic heterocycles. The molecule has 2 aromatic rings. The number of nitrogens with zero attached hydrogens (tertiary/aromatic N) is 3. The summed E-state index contributed by atoms with van der Waals surface area (Å²) < 4.78 is 30.8. The summed E-state index contributed by atoms with van der Waals surface area (Å²) in [6.07, 6.45) is 1.33. The largest absolute Gasteiger partial charge is 0.492 e. The highest BCUT2D eigenvalue weighted by atomic mass is 32.2. The number of ketones is 1. The Hall–Kier alpha value is -1.87. The van der Waals surface area contributed by atoms with Crippen molar-refractivity contribution in [3.8, 4) is 5.75 Å². The highest BCUT2D eigenvalue weighted by Gasteiger charge is 2.29. The molecule has 3 rings (SSSR count). The minimum atomic E-state index is -2.88. The lowest BCUT2D eigenvalue weighted by atomic mass is 10.1. The van der Waals surface area contributed by atoms with Gasteiger partial charge in [-0.15, -0.1) is 10.2 Å². The molecule has 0 amide bonds. The van der Waals surface area contributed by atoms with E-state index < -0.39 is 9.84 Å². The van der Waals surface area contributed by atoms with Gasteiger partial charge >= 0.3 is 0 Å². The third kappa shape index (κ3) is 5.10.